The average molecular weight is 351 g/mol. The molecule has 0 aliphatic carbocycles. The number of benzene rings is 2. The summed E-state index contributed by atoms with van der Waals surface area (Å²) in [5.41, 5.74) is 3.27. The van der Waals surface area contributed by atoms with Crippen LogP contribution in [0.2, 0.25) is 0 Å². The van der Waals surface area contributed by atoms with E-state index in [1.807, 2.05) is 23.1 Å². The van der Waals surface area contributed by atoms with Gasteiger partial charge in [0.1, 0.15) is 17.6 Å². The summed E-state index contributed by atoms with van der Waals surface area (Å²) >= 11 is 0. The first kappa shape index (κ1) is 18.1. The molecule has 1 aliphatic rings. The summed E-state index contributed by atoms with van der Waals surface area (Å²) in [6.07, 6.45) is 3.16. The summed E-state index contributed by atoms with van der Waals surface area (Å²) in [4.78, 5) is 13.5. The first-order valence-electron chi connectivity index (χ1n) is 8.94. The van der Waals surface area contributed by atoms with E-state index in [1.54, 1.807) is 7.11 Å². The van der Waals surface area contributed by atoms with Crippen LogP contribution < -0.4 is 9.47 Å². The van der Waals surface area contributed by atoms with Crippen molar-refractivity contribution in [2.45, 2.75) is 25.9 Å². The van der Waals surface area contributed by atoms with Gasteiger partial charge >= 0.3 is 0 Å². The van der Waals surface area contributed by atoms with Crippen molar-refractivity contribution < 1.29 is 14.3 Å². The third-order valence-corrected chi connectivity index (χ3v) is 4.70. The standard InChI is InChI=1S/C22H25NO3/c1-4-22(24)23-11-9-18(10-12-23)26-19-14-16(2)13-17(15-19)20-7-5-6-8-21(20)25-3/h4-8,13-15,18H,1,9-12H2,2-3H3. The largest absolute Gasteiger partial charge is 0.496 e. The summed E-state index contributed by atoms with van der Waals surface area (Å²) in [5.74, 6) is 1.71. The second-order valence-electron chi connectivity index (χ2n) is 6.58. The van der Waals surface area contributed by atoms with E-state index in [9.17, 15) is 4.79 Å². The molecule has 26 heavy (non-hydrogen) atoms. The van der Waals surface area contributed by atoms with Crippen LogP contribution in [-0.2, 0) is 4.79 Å². The van der Waals surface area contributed by atoms with Crippen molar-refractivity contribution in [3.05, 3.63) is 60.7 Å². The number of carbonyl (C=O) groups excluding carboxylic acids is 1. The molecule has 0 aromatic heterocycles. The van der Waals surface area contributed by atoms with Gasteiger partial charge in [-0.25, -0.2) is 0 Å². The number of rotatable bonds is 5. The lowest BCUT2D eigenvalue weighted by Gasteiger charge is -2.31. The Morgan fingerprint density at radius 1 is 1.19 bits per heavy atom. The van der Waals surface area contributed by atoms with Crippen molar-refractivity contribution in [2.75, 3.05) is 20.2 Å². The number of carbonyl (C=O) groups is 1. The Balaban J connectivity index is 1.75. The smallest absolute Gasteiger partial charge is 0.245 e. The van der Waals surface area contributed by atoms with Gasteiger partial charge in [-0.05, 0) is 42.3 Å². The molecule has 1 fully saturated rings. The second-order valence-corrected chi connectivity index (χ2v) is 6.58. The summed E-state index contributed by atoms with van der Waals surface area (Å²) in [5, 5.41) is 0. The van der Waals surface area contributed by atoms with Crippen LogP contribution in [0.4, 0.5) is 0 Å². The molecule has 0 radical (unpaired) electrons. The van der Waals surface area contributed by atoms with Crippen LogP contribution in [-0.4, -0.2) is 37.1 Å². The van der Waals surface area contributed by atoms with Gasteiger partial charge in [0.2, 0.25) is 5.91 Å². The van der Waals surface area contributed by atoms with Gasteiger partial charge in [-0.3, -0.25) is 4.79 Å². The van der Waals surface area contributed by atoms with Crippen molar-refractivity contribution in [2.24, 2.45) is 0 Å². The zero-order valence-electron chi connectivity index (χ0n) is 15.4. The van der Waals surface area contributed by atoms with Crippen LogP contribution in [0.25, 0.3) is 11.1 Å². The third kappa shape index (κ3) is 4.07. The highest BCUT2D eigenvalue weighted by molar-refractivity contribution is 5.87. The van der Waals surface area contributed by atoms with E-state index < -0.39 is 0 Å². The molecule has 4 heteroatoms. The van der Waals surface area contributed by atoms with E-state index in [-0.39, 0.29) is 12.0 Å². The van der Waals surface area contributed by atoms with Crippen molar-refractivity contribution in [1.29, 1.82) is 0 Å². The molecule has 1 aliphatic heterocycles. The molecule has 0 saturated carbocycles. The summed E-state index contributed by atoms with van der Waals surface area (Å²) in [7, 11) is 1.68. The minimum Gasteiger partial charge on any atom is -0.496 e. The van der Waals surface area contributed by atoms with E-state index in [1.165, 1.54) is 6.08 Å². The van der Waals surface area contributed by atoms with Gasteiger partial charge in [0.05, 0.1) is 7.11 Å². The lowest BCUT2D eigenvalue weighted by Crippen LogP contribution is -2.41. The van der Waals surface area contributed by atoms with Crippen LogP contribution in [0.15, 0.2) is 55.1 Å². The number of hydrogen-bond acceptors (Lipinski definition) is 3. The quantitative estimate of drug-likeness (QED) is 0.757. The molecular weight excluding hydrogens is 326 g/mol. The molecule has 1 heterocycles. The summed E-state index contributed by atoms with van der Waals surface area (Å²) < 4.78 is 11.7. The van der Waals surface area contributed by atoms with E-state index in [0.717, 1.165) is 41.0 Å². The first-order chi connectivity index (χ1) is 12.6. The number of methoxy groups -OCH3 is 1. The lowest BCUT2D eigenvalue weighted by atomic mass is 10.0. The summed E-state index contributed by atoms with van der Waals surface area (Å²) in [6, 6.07) is 14.2. The number of amides is 1. The lowest BCUT2D eigenvalue weighted by molar-refractivity contribution is -0.127. The van der Waals surface area contributed by atoms with Gasteiger partial charge in [-0.15, -0.1) is 0 Å². The molecule has 2 aromatic carbocycles. The van der Waals surface area contributed by atoms with E-state index in [0.29, 0.717) is 13.1 Å². The van der Waals surface area contributed by atoms with Crippen LogP contribution in [0.3, 0.4) is 0 Å². The molecule has 0 N–H and O–H groups in total. The molecule has 0 unspecified atom stereocenters. The molecule has 2 aromatic rings. The van der Waals surface area contributed by atoms with Gasteiger partial charge in [-0.1, -0.05) is 30.8 Å². The second kappa shape index (κ2) is 8.09. The molecule has 4 nitrogen and oxygen atoms in total. The SMILES string of the molecule is C=CC(=O)N1CCC(Oc2cc(C)cc(-c3ccccc3OC)c2)CC1. The number of hydrogen-bond donors (Lipinski definition) is 0. The fraction of sp³-hybridized carbons (Fsp3) is 0.318. The van der Waals surface area contributed by atoms with Crippen molar-refractivity contribution in [3.8, 4) is 22.6 Å². The van der Waals surface area contributed by atoms with E-state index in [2.05, 4.69) is 37.8 Å². The van der Waals surface area contributed by atoms with E-state index in [4.69, 9.17) is 9.47 Å². The van der Waals surface area contributed by atoms with Gasteiger partial charge in [0, 0.05) is 31.5 Å². The predicted octanol–water partition coefficient (Wildman–Crippen LogP) is 4.23. The van der Waals surface area contributed by atoms with Gasteiger partial charge in [-0.2, -0.15) is 0 Å². The Morgan fingerprint density at radius 2 is 1.92 bits per heavy atom. The minimum atomic E-state index is -0.00235. The Bertz CT molecular complexity index is 792. The maximum atomic E-state index is 11.7. The van der Waals surface area contributed by atoms with Crippen molar-refractivity contribution >= 4 is 5.91 Å². The normalized spacial score (nSPS) is 14.8. The number of likely N-dealkylation sites (tertiary alicyclic amines) is 1. The molecule has 0 spiro atoms. The third-order valence-electron chi connectivity index (χ3n) is 4.70. The van der Waals surface area contributed by atoms with Crippen molar-refractivity contribution in [3.63, 3.8) is 0 Å². The van der Waals surface area contributed by atoms with Crippen LogP contribution in [0.1, 0.15) is 18.4 Å². The Kier molecular flexibility index (Phi) is 5.61. The van der Waals surface area contributed by atoms with Gasteiger partial charge < -0.3 is 14.4 Å². The predicted molar refractivity (Wildman–Crippen MR) is 104 cm³/mol. The van der Waals surface area contributed by atoms with Crippen LogP contribution in [0, 0.1) is 6.92 Å². The molecular formula is C22H25NO3. The highest BCUT2D eigenvalue weighted by atomic mass is 16.5. The number of ether oxygens (including phenoxy) is 2. The maximum Gasteiger partial charge on any atom is 0.245 e. The monoisotopic (exact) mass is 351 g/mol. The van der Waals surface area contributed by atoms with Crippen LogP contribution in [0.5, 0.6) is 11.5 Å². The molecule has 136 valence electrons. The Labute approximate surface area is 155 Å². The number of aryl methyl sites for hydroxylation is 1. The summed E-state index contributed by atoms with van der Waals surface area (Å²) in [6.45, 7) is 7.04. The number of para-hydroxylation sites is 1. The maximum absolute atomic E-state index is 11.7. The Morgan fingerprint density at radius 3 is 2.62 bits per heavy atom. The molecule has 1 amide bonds. The molecule has 0 bridgehead atoms. The van der Waals surface area contributed by atoms with Crippen molar-refractivity contribution in [1.82, 2.24) is 4.90 Å². The van der Waals surface area contributed by atoms with Crippen LogP contribution >= 0.6 is 0 Å². The fourth-order valence-corrected chi connectivity index (χ4v) is 3.37. The average Bonchev–Trinajstić information content (AvgIpc) is 2.67. The Hall–Kier alpha value is -2.75. The minimum absolute atomic E-state index is 0.00235. The fourth-order valence-electron chi connectivity index (χ4n) is 3.37. The van der Waals surface area contributed by atoms with Gasteiger partial charge in [0.15, 0.2) is 0 Å². The molecule has 1 saturated heterocycles. The molecule has 0 atom stereocenters. The number of piperidine rings is 1. The zero-order chi connectivity index (χ0) is 18.5. The van der Waals surface area contributed by atoms with E-state index >= 15 is 0 Å². The highest BCUT2D eigenvalue weighted by Gasteiger charge is 2.22. The topological polar surface area (TPSA) is 38.8 Å². The highest BCUT2D eigenvalue weighted by Crippen LogP contribution is 2.33. The molecule has 3 rings (SSSR count). The zero-order valence-corrected chi connectivity index (χ0v) is 15.4. The number of nitrogens with zero attached hydrogens (tertiary/aromatic N) is 1. The van der Waals surface area contributed by atoms with Gasteiger partial charge in [0.25, 0.3) is 0 Å². The first-order valence-corrected chi connectivity index (χ1v) is 8.94.